The molecule has 1 atom stereocenters. The van der Waals surface area contributed by atoms with Crippen LogP contribution in [0.4, 0.5) is 0 Å². The number of ether oxygens (including phenoxy) is 1. The van der Waals surface area contributed by atoms with Crippen LogP contribution in [0.3, 0.4) is 0 Å². The highest BCUT2D eigenvalue weighted by Crippen LogP contribution is 2.17. The molecule has 0 amide bonds. The van der Waals surface area contributed by atoms with Gasteiger partial charge in [0.25, 0.3) is 0 Å². The second kappa shape index (κ2) is 26.0. The maximum atomic E-state index is 11.6. The standard InChI is InChI=1S/C30H54O4/c1-3-5-6-7-8-9-10-11-12-13-14-15-16-17-18-19-20-21-22-23-24-25-28(30(32)33)27-29(31)34-26-4-2/h4,15-16,28H,2-3,5-14,17-27H2,1H3,(H,32,33)/b16-15+. The first-order valence-corrected chi connectivity index (χ1v) is 14.3. The summed E-state index contributed by atoms with van der Waals surface area (Å²) in [5.74, 6) is -1.99. The highest BCUT2D eigenvalue weighted by atomic mass is 16.5. The van der Waals surface area contributed by atoms with Gasteiger partial charge < -0.3 is 9.84 Å². The van der Waals surface area contributed by atoms with Crippen molar-refractivity contribution in [2.75, 3.05) is 6.61 Å². The molecule has 0 rings (SSSR count). The summed E-state index contributed by atoms with van der Waals surface area (Å²) in [4.78, 5) is 22.9. The van der Waals surface area contributed by atoms with Crippen molar-refractivity contribution < 1.29 is 19.4 Å². The third-order valence-corrected chi connectivity index (χ3v) is 6.44. The number of aliphatic carboxylic acids is 1. The maximum absolute atomic E-state index is 11.6. The van der Waals surface area contributed by atoms with Gasteiger partial charge in [0.2, 0.25) is 0 Å². The molecule has 198 valence electrons. The molecular formula is C30H54O4. The van der Waals surface area contributed by atoms with Gasteiger partial charge in [0.1, 0.15) is 6.61 Å². The van der Waals surface area contributed by atoms with Gasteiger partial charge in [-0.1, -0.05) is 128 Å². The fourth-order valence-corrected chi connectivity index (χ4v) is 4.25. The molecule has 0 aliphatic carbocycles. The van der Waals surface area contributed by atoms with E-state index in [9.17, 15) is 14.7 Å². The minimum atomic E-state index is -0.906. The van der Waals surface area contributed by atoms with E-state index in [-0.39, 0.29) is 13.0 Å². The van der Waals surface area contributed by atoms with E-state index < -0.39 is 17.9 Å². The minimum Gasteiger partial charge on any atom is -0.481 e. The molecule has 4 nitrogen and oxygen atoms in total. The third-order valence-electron chi connectivity index (χ3n) is 6.44. The van der Waals surface area contributed by atoms with Crippen molar-refractivity contribution in [3.05, 3.63) is 24.8 Å². The summed E-state index contributed by atoms with van der Waals surface area (Å²) >= 11 is 0. The van der Waals surface area contributed by atoms with Gasteiger partial charge in [-0.3, -0.25) is 9.59 Å². The molecule has 0 aromatic heterocycles. The number of carbonyl (C=O) groups is 2. The molecule has 0 aliphatic rings. The molecule has 0 fully saturated rings. The molecule has 4 heteroatoms. The van der Waals surface area contributed by atoms with Crippen molar-refractivity contribution in [1.82, 2.24) is 0 Å². The SMILES string of the molecule is C=CCOC(=O)CC(CCCCCCCCC/C=C/CCCCCCCCCCCC)C(=O)O. The van der Waals surface area contributed by atoms with Crippen LogP contribution in [0.2, 0.25) is 0 Å². The molecular weight excluding hydrogens is 424 g/mol. The van der Waals surface area contributed by atoms with E-state index in [0.29, 0.717) is 6.42 Å². The lowest BCUT2D eigenvalue weighted by atomic mass is 9.97. The van der Waals surface area contributed by atoms with Crippen molar-refractivity contribution >= 4 is 11.9 Å². The summed E-state index contributed by atoms with van der Waals surface area (Å²) in [6.07, 6.45) is 31.2. The molecule has 1 unspecified atom stereocenters. The molecule has 0 aromatic carbocycles. The summed E-state index contributed by atoms with van der Waals surface area (Å²) in [6.45, 7) is 5.90. The van der Waals surface area contributed by atoms with Crippen LogP contribution >= 0.6 is 0 Å². The van der Waals surface area contributed by atoms with Crippen LogP contribution in [0, 0.1) is 5.92 Å². The van der Waals surface area contributed by atoms with Gasteiger partial charge in [-0.15, -0.1) is 0 Å². The van der Waals surface area contributed by atoms with E-state index in [1.54, 1.807) is 0 Å². The summed E-state index contributed by atoms with van der Waals surface area (Å²) in [6, 6.07) is 0. The monoisotopic (exact) mass is 478 g/mol. The fraction of sp³-hybridized carbons (Fsp3) is 0.800. The van der Waals surface area contributed by atoms with Gasteiger partial charge in [-0.25, -0.2) is 0 Å². The quantitative estimate of drug-likeness (QED) is 0.0764. The first kappa shape index (κ1) is 32.4. The second-order valence-electron chi connectivity index (χ2n) is 9.71. The maximum Gasteiger partial charge on any atom is 0.307 e. The molecule has 34 heavy (non-hydrogen) atoms. The second-order valence-corrected chi connectivity index (χ2v) is 9.71. The number of hydrogen-bond donors (Lipinski definition) is 1. The lowest BCUT2D eigenvalue weighted by Gasteiger charge is -2.11. The van der Waals surface area contributed by atoms with Crippen LogP contribution < -0.4 is 0 Å². The highest BCUT2D eigenvalue weighted by molar-refractivity contribution is 5.78. The number of unbranched alkanes of at least 4 members (excludes halogenated alkanes) is 17. The number of carbonyl (C=O) groups excluding carboxylic acids is 1. The van der Waals surface area contributed by atoms with E-state index in [1.807, 2.05) is 0 Å². The van der Waals surface area contributed by atoms with Crippen molar-refractivity contribution in [1.29, 1.82) is 0 Å². The number of allylic oxidation sites excluding steroid dienone is 2. The van der Waals surface area contributed by atoms with Crippen molar-refractivity contribution in [3.63, 3.8) is 0 Å². The molecule has 0 bridgehead atoms. The Morgan fingerprint density at radius 3 is 1.62 bits per heavy atom. The first-order valence-electron chi connectivity index (χ1n) is 14.3. The van der Waals surface area contributed by atoms with E-state index in [2.05, 4.69) is 25.7 Å². The number of carboxylic acids is 1. The molecule has 0 aliphatic heterocycles. The van der Waals surface area contributed by atoms with Gasteiger partial charge in [0.15, 0.2) is 0 Å². The van der Waals surface area contributed by atoms with Gasteiger partial charge in [-0.05, 0) is 32.1 Å². The van der Waals surface area contributed by atoms with E-state index >= 15 is 0 Å². The van der Waals surface area contributed by atoms with Gasteiger partial charge in [-0.2, -0.15) is 0 Å². The number of carboxylic acid groups (broad SMARTS) is 1. The predicted molar refractivity (Wildman–Crippen MR) is 144 cm³/mol. The Morgan fingerprint density at radius 2 is 1.18 bits per heavy atom. The third kappa shape index (κ3) is 23.6. The van der Waals surface area contributed by atoms with Crippen molar-refractivity contribution in [3.8, 4) is 0 Å². The molecule has 0 spiro atoms. The van der Waals surface area contributed by atoms with Crippen LogP contribution in [-0.4, -0.2) is 23.7 Å². The summed E-state index contributed by atoms with van der Waals surface area (Å²) < 4.78 is 4.90. The van der Waals surface area contributed by atoms with Crippen LogP contribution in [0.5, 0.6) is 0 Å². The van der Waals surface area contributed by atoms with Gasteiger partial charge >= 0.3 is 11.9 Å². The molecule has 0 heterocycles. The van der Waals surface area contributed by atoms with E-state index in [0.717, 1.165) is 19.3 Å². The smallest absolute Gasteiger partial charge is 0.307 e. The highest BCUT2D eigenvalue weighted by Gasteiger charge is 2.21. The normalized spacial score (nSPS) is 12.1. The number of esters is 1. The Hall–Kier alpha value is -1.58. The Labute approximate surface area is 210 Å². The fourth-order valence-electron chi connectivity index (χ4n) is 4.25. The topological polar surface area (TPSA) is 63.6 Å². The van der Waals surface area contributed by atoms with Gasteiger partial charge in [0.05, 0.1) is 12.3 Å². The lowest BCUT2D eigenvalue weighted by molar-refractivity contribution is -0.151. The van der Waals surface area contributed by atoms with E-state index in [4.69, 9.17) is 4.74 Å². The van der Waals surface area contributed by atoms with E-state index in [1.165, 1.54) is 109 Å². The Bertz CT molecular complexity index is 512. The zero-order valence-electron chi connectivity index (χ0n) is 22.2. The first-order chi connectivity index (χ1) is 16.6. The lowest BCUT2D eigenvalue weighted by Crippen LogP contribution is -2.19. The summed E-state index contributed by atoms with van der Waals surface area (Å²) in [5.41, 5.74) is 0. The van der Waals surface area contributed by atoms with Crippen LogP contribution in [-0.2, 0) is 14.3 Å². The number of hydrogen-bond acceptors (Lipinski definition) is 3. The zero-order valence-corrected chi connectivity index (χ0v) is 22.2. The van der Waals surface area contributed by atoms with Crippen LogP contribution in [0.25, 0.3) is 0 Å². The Morgan fingerprint density at radius 1 is 0.735 bits per heavy atom. The minimum absolute atomic E-state index is 0.0457. The number of rotatable bonds is 26. The Balaban J connectivity index is 3.41. The summed E-state index contributed by atoms with van der Waals surface area (Å²) in [7, 11) is 0. The molecule has 0 saturated heterocycles. The van der Waals surface area contributed by atoms with Crippen LogP contribution in [0.15, 0.2) is 24.8 Å². The molecule has 0 saturated carbocycles. The molecule has 0 aromatic rings. The molecule has 0 radical (unpaired) electrons. The zero-order chi connectivity index (χ0) is 25.1. The predicted octanol–water partition coefficient (Wildman–Crippen LogP) is 9.18. The van der Waals surface area contributed by atoms with Crippen molar-refractivity contribution in [2.24, 2.45) is 5.92 Å². The van der Waals surface area contributed by atoms with Crippen LogP contribution in [0.1, 0.15) is 142 Å². The summed E-state index contributed by atoms with van der Waals surface area (Å²) in [5, 5.41) is 9.28. The average Bonchev–Trinajstić information content (AvgIpc) is 2.82. The molecule has 1 N–H and O–H groups in total. The van der Waals surface area contributed by atoms with Gasteiger partial charge in [0, 0.05) is 0 Å². The Kier molecular flexibility index (Phi) is 24.8. The average molecular weight is 479 g/mol. The largest absolute Gasteiger partial charge is 0.481 e. The van der Waals surface area contributed by atoms with Crippen molar-refractivity contribution in [2.45, 2.75) is 142 Å².